The number of hydrogen-bond acceptors (Lipinski definition) is 2. The van der Waals surface area contributed by atoms with Gasteiger partial charge in [-0.15, -0.1) is 0 Å². The van der Waals surface area contributed by atoms with Crippen molar-refractivity contribution in [1.29, 1.82) is 0 Å². The van der Waals surface area contributed by atoms with Gasteiger partial charge in [0.2, 0.25) is 0 Å². The Hall–Kier alpha value is -1.33. The van der Waals surface area contributed by atoms with E-state index in [9.17, 15) is 4.79 Å². The third-order valence-electron chi connectivity index (χ3n) is 1.90. The maximum absolute atomic E-state index is 11.7. The number of nitrogens with zero attached hydrogens (tertiary/aromatic N) is 1. The summed E-state index contributed by atoms with van der Waals surface area (Å²) in [5, 5.41) is 2.92. The van der Waals surface area contributed by atoms with E-state index in [1.165, 1.54) is 0 Å². The fourth-order valence-electron chi connectivity index (χ4n) is 1.17. The first-order valence-electron chi connectivity index (χ1n) is 4.42. The molecule has 2 rings (SSSR count). The number of aromatic nitrogens is 2. The molecule has 1 amide bonds. The summed E-state index contributed by atoms with van der Waals surface area (Å²) in [5.41, 5.74) is 0.937. The number of H-pyrrole nitrogens is 1. The van der Waals surface area contributed by atoms with E-state index in [-0.39, 0.29) is 11.1 Å². The van der Waals surface area contributed by atoms with Gasteiger partial charge in [-0.25, -0.2) is 4.98 Å². The lowest BCUT2D eigenvalue weighted by Gasteiger charge is -2.04. The quantitative estimate of drug-likeness (QED) is 0.837. The molecule has 2 heterocycles. The number of rotatable bonds is 2. The van der Waals surface area contributed by atoms with Crippen molar-refractivity contribution in [2.75, 3.05) is 5.32 Å². The molecule has 0 spiro atoms. The van der Waals surface area contributed by atoms with Crippen molar-refractivity contribution in [3.05, 3.63) is 45.9 Å². The summed E-state index contributed by atoms with van der Waals surface area (Å²) in [6.07, 6.45) is 3.24. The van der Waals surface area contributed by atoms with E-state index in [0.29, 0.717) is 11.4 Å². The van der Waals surface area contributed by atoms with E-state index >= 15 is 0 Å². The molecule has 2 N–H and O–H groups in total. The van der Waals surface area contributed by atoms with Crippen molar-refractivity contribution in [3.8, 4) is 0 Å². The fraction of sp³-hybridized carbons (Fsp3) is 0. The number of pyridine rings is 1. The van der Waals surface area contributed by atoms with E-state index in [1.54, 1.807) is 30.6 Å². The van der Waals surface area contributed by atoms with Crippen molar-refractivity contribution in [2.45, 2.75) is 0 Å². The zero-order valence-electron chi connectivity index (χ0n) is 8.00. The lowest BCUT2D eigenvalue weighted by Crippen LogP contribution is -2.12. The molecule has 0 atom stereocenters. The third-order valence-corrected chi connectivity index (χ3v) is 2.66. The molecular weight excluding hydrogens is 293 g/mol. The normalized spacial score (nSPS) is 10.1. The van der Waals surface area contributed by atoms with Gasteiger partial charge in [-0.3, -0.25) is 4.79 Å². The molecule has 0 bridgehead atoms. The van der Waals surface area contributed by atoms with Crippen LogP contribution in [0.4, 0.5) is 5.69 Å². The van der Waals surface area contributed by atoms with Crippen LogP contribution in [0.5, 0.6) is 0 Å². The Labute approximate surface area is 105 Å². The number of halogens is 2. The summed E-state index contributed by atoms with van der Waals surface area (Å²) in [4.78, 5) is 18.4. The Morgan fingerprint density at radius 1 is 1.56 bits per heavy atom. The van der Waals surface area contributed by atoms with Gasteiger partial charge in [0.05, 0.1) is 5.69 Å². The van der Waals surface area contributed by atoms with Crippen LogP contribution in [-0.2, 0) is 0 Å². The summed E-state index contributed by atoms with van der Waals surface area (Å²) in [6.45, 7) is 0. The molecule has 0 saturated carbocycles. The van der Waals surface area contributed by atoms with Crippen molar-refractivity contribution in [3.63, 3.8) is 0 Å². The largest absolute Gasteiger partial charge is 0.356 e. The second-order valence-corrected chi connectivity index (χ2v) is 4.30. The molecule has 4 nitrogen and oxygen atoms in total. The molecule has 0 saturated heterocycles. The van der Waals surface area contributed by atoms with E-state index in [2.05, 4.69) is 31.2 Å². The van der Waals surface area contributed by atoms with Gasteiger partial charge < -0.3 is 10.3 Å². The maximum atomic E-state index is 11.7. The smallest absolute Gasteiger partial charge is 0.272 e. The molecule has 0 radical (unpaired) electrons. The number of amides is 1. The topological polar surface area (TPSA) is 57.8 Å². The zero-order chi connectivity index (χ0) is 11.5. The van der Waals surface area contributed by atoms with Crippen LogP contribution in [0.15, 0.2) is 35.1 Å². The Morgan fingerprint density at radius 2 is 2.38 bits per heavy atom. The molecule has 2 aromatic heterocycles. The first kappa shape index (κ1) is 11.2. The summed E-state index contributed by atoms with van der Waals surface area (Å²) in [6, 6.07) is 5.07. The molecule has 0 aliphatic carbocycles. The number of hydrogen-bond donors (Lipinski definition) is 2. The van der Waals surface area contributed by atoms with E-state index in [1.807, 2.05) is 0 Å². The first-order chi connectivity index (χ1) is 7.66. The average Bonchev–Trinajstić information content (AvgIpc) is 2.68. The predicted octanol–water partition coefficient (Wildman–Crippen LogP) is 3.08. The summed E-state index contributed by atoms with van der Waals surface area (Å²) < 4.78 is 0.815. The van der Waals surface area contributed by atoms with Gasteiger partial charge in [0.15, 0.2) is 5.15 Å². The summed E-state index contributed by atoms with van der Waals surface area (Å²) >= 11 is 9.07. The minimum Gasteiger partial charge on any atom is -0.356 e. The summed E-state index contributed by atoms with van der Waals surface area (Å²) in [5.74, 6) is -0.263. The van der Waals surface area contributed by atoms with Crippen molar-refractivity contribution in [2.24, 2.45) is 0 Å². The lowest BCUT2D eigenvalue weighted by molar-refractivity contribution is 0.102. The Bertz CT molecular complexity index is 526. The van der Waals surface area contributed by atoms with Gasteiger partial charge in [0.25, 0.3) is 5.91 Å². The Kier molecular flexibility index (Phi) is 3.26. The van der Waals surface area contributed by atoms with Gasteiger partial charge in [-0.1, -0.05) is 11.6 Å². The van der Waals surface area contributed by atoms with Crippen LogP contribution in [0.1, 0.15) is 10.5 Å². The molecular formula is C10H7BrClN3O. The third kappa shape index (κ3) is 2.43. The number of anilines is 1. The van der Waals surface area contributed by atoms with Crippen LogP contribution in [0.3, 0.4) is 0 Å². The zero-order valence-corrected chi connectivity index (χ0v) is 10.3. The highest BCUT2D eigenvalue weighted by atomic mass is 79.9. The van der Waals surface area contributed by atoms with Gasteiger partial charge >= 0.3 is 0 Å². The van der Waals surface area contributed by atoms with Gasteiger partial charge in [-0.2, -0.15) is 0 Å². The molecule has 82 valence electrons. The number of nitrogens with one attached hydrogen (secondary N) is 2. The summed E-state index contributed by atoms with van der Waals surface area (Å²) in [7, 11) is 0. The van der Waals surface area contributed by atoms with Crippen LogP contribution >= 0.6 is 27.5 Å². The van der Waals surface area contributed by atoms with Crippen LogP contribution in [-0.4, -0.2) is 15.9 Å². The standard InChI is InChI=1S/C10H7BrClN3O/c11-6-4-8(14-5-6)10(16)15-7-2-1-3-13-9(7)12/h1-5,14H,(H,15,16). The molecule has 6 heteroatoms. The number of carbonyl (C=O) groups excluding carboxylic acids is 1. The van der Waals surface area contributed by atoms with Crippen LogP contribution in [0.25, 0.3) is 0 Å². The van der Waals surface area contributed by atoms with Crippen molar-refractivity contribution < 1.29 is 4.79 Å². The molecule has 0 aliphatic rings. The van der Waals surface area contributed by atoms with E-state index < -0.39 is 0 Å². The van der Waals surface area contributed by atoms with Crippen molar-refractivity contribution >= 4 is 39.1 Å². The minimum absolute atomic E-state index is 0.263. The maximum Gasteiger partial charge on any atom is 0.272 e. The molecule has 16 heavy (non-hydrogen) atoms. The molecule has 0 fully saturated rings. The average molecular weight is 301 g/mol. The van der Waals surface area contributed by atoms with Crippen LogP contribution in [0.2, 0.25) is 5.15 Å². The molecule has 0 aliphatic heterocycles. The second-order valence-electron chi connectivity index (χ2n) is 3.03. The molecule has 0 unspecified atom stereocenters. The van der Waals surface area contributed by atoms with E-state index in [0.717, 1.165) is 4.47 Å². The number of aromatic amines is 1. The number of carbonyl (C=O) groups is 1. The highest BCUT2D eigenvalue weighted by molar-refractivity contribution is 9.10. The van der Waals surface area contributed by atoms with Gasteiger partial charge in [-0.05, 0) is 34.1 Å². The van der Waals surface area contributed by atoms with E-state index in [4.69, 9.17) is 11.6 Å². The van der Waals surface area contributed by atoms with Crippen molar-refractivity contribution in [1.82, 2.24) is 9.97 Å². The Morgan fingerprint density at radius 3 is 3.00 bits per heavy atom. The minimum atomic E-state index is -0.263. The predicted molar refractivity (Wildman–Crippen MR) is 65.7 cm³/mol. The highest BCUT2D eigenvalue weighted by Gasteiger charge is 2.10. The highest BCUT2D eigenvalue weighted by Crippen LogP contribution is 2.19. The van der Waals surface area contributed by atoms with Gasteiger partial charge in [0.1, 0.15) is 5.69 Å². The molecule has 0 aromatic carbocycles. The monoisotopic (exact) mass is 299 g/mol. The van der Waals surface area contributed by atoms with Gasteiger partial charge in [0, 0.05) is 16.9 Å². The Balaban J connectivity index is 2.17. The van der Waals surface area contributed by atoms with Crippen LogP contribution in [0, 0.1) is 0 Å². The van der Waals surface area contributed by atoms with Crippen LogP contribution < -0.4 is 5.32 Å². The SMILES string of the molecule is O=C(Nc1cccnc1Cl)c1cc(Br)c[nH]1. The second kappa shape index (κ2) is 4.67. The molecule has 2 aromatic rings. The fourth-order valence-corrected chi connectivity index (χ4v) is 1.68. The first-order valence-corrected chi connectivity index (χ1v) is 5.59. The lowest BCUT2D eigenvalue weighted by atomic mass is 10.3.